The highest BCUT2D eigenvalue weighted by Gasteiger charge is 2.39. The van der Waals surface area contributed by atoms with Crippen LogP contribution in [0.2, 0.25) is 5.02 Å². The van der Waals surface area contributed by atoms with Gasteiger partial charge in [-0.15, -0.1) is 11.3 Å². The number of ether oxygens (including phenoxy) is 1. The highest BCUT2D eigenvalue weighted by Crippen LogP contribution is 2.32. The van der Waals surface area contributed by atoms with Crippen molar-refractivity contribution in [3.05, 3.63) is 40.9 Å². The topological polar surface area (TPSA) is 42.4 Å². The van der Waals surface area contributed by atoms with E-state index in [9.17, 15) is 4.79 Å². The molecule has 4 nitrogen and oxygen atoms in total. The van der Waals surface area contributed by atoms with Gasteiger partial charge in [0, 0.05) is 22.6 Å². The van der Waals surface area contributed by atoms with Crippen LogP contribution in [-0.2, 0) is 4.79 Å². The fraction of sp³-hybridized carbons (Fsp3) is 0.474. The van der Waals surface area contributed by atoms with Crippen LogP contribution in [0.4, 0.5) is 5.13 Å². The van der Waals surface area contributed by atoms with Gasteiger partial charge in [-0.25, -0.2) is 4.98 Å². The largest absolute Gasteiger partial charge is 0.478 e. The van der Waals surface area contributed by atoms with Gasteiger partial charge < -0.3 is 4.74 Å². The van der Waals surface area contributed by atoms with Crippen molar-refractivity contribution in [2.24, 2.45) is 0 Å². The van der Waals surface area contributed by atoms with E-state index in [4.69, 9.17) is 16.3 Å². The van der Waals surface area contributed by atoms with Gasteiger partial charge in [0.05, 0.1) is 0 Å². The first-order chi connectivity index (χ1) is 12.0. The molecule has 0 bridgehead atoms. The van der Waals surface area contributed by atoms with Crippen LogP contribution in [0.5, 0.6) is 5.75 Å². The van der Waals surface area contributed by atoms with Crippen molar-refractivity contribution in [3.63, 3.8) is 0 Å². The maximum atomic E-state index is 13.4. The molecule has 25 heavy (non-hydrogen) atoms. The number of rotatable bonds is 5. The predicted molar refractivity (Wildman–Crippen MR) is 103 cm³/mol. The molecule has 1 heterocycles. The standard InChI is InChI=1S/C19H23ClN2O2S/c1-19(2,24-16-10-8-14(20)9-11-16)17(23)22(18-21-12-13-25-18)15-6-4-3-5-7-15/h8-13,15H,3-7H2,1-2H3. The van der Waals surface area contributed by atoms with Gasteiger partial charge in [0.2, 0.25) is 0 Å². The van der Waals surface area contributed by atoms with E-state index < -0.39 is 5.60 Å². The zero-order chi connectivity index (χ0) is 17.9. The molecule has 0 N–H and O–H groups in total. The van der Waals surface area contributed by atoms with Crippen molar-refractivity contribution in [1.29, 1.82) is 0 Å². The van der Waals surface area contributed by atoms with Crippen LogP contribution in [0.1, 0.15) is 46.0 Å². The van der Waals surface area contributed by atoms with Gasteiger partial charge in [-0.05, 0) is 51.0 Å². The third-order valence-corrected chi connectivity index (χ3v) is 5.51. The second-order valence-electron chi connectivity index (χ2n) is 6.85. The molecular weight excluding hydrogens is 356 g/mol. The lowest BCUT2D eigenvalue weighted by atomic mass is 9.93. The highest BCUT2D eigenvalue weighted by molar-refractivity contribution is 7.13. The van der Waals surface area contributed by atoms with E-state index in [-0.39, 0.29) is 11.9 Å². The SMILES string of the molecule is CC(C)(Oc1ccc(Cl)cc1)C(=O)N(c1nccs1)C1CCCCC1. The van der Waals surface area contributed by atoms with Crippen LogP contribution in [-0.4, -0.2) is 22.5 Å². The highest BCUT2D eigenvalue weighted by atomic mass is 35.5. The van der Waals surface area contributed by atoms with E-state index in [1.807, 2.05) is 24.1 Å². The van der Waals surface area contributed by atoms with Crippen molar-refractivity contribution in [3.8, 4) is 5.75 Å². The van der Waals surface area contributed by atoms with E-state index in [2.05, 4.69) is 4.98 Å². The lowest BCUT2D eigenvalue weighted by molar-refractivity contribution is -0.132. The monoisotopic (exact) mass is 378 g/mol. The Balaban J connectivity index is 1.83. The van der Waals surface area contributed by atoms with E-state index in [0.29, 0.717) is 10.8 Å². The minimum Gasteiger partial charge on any atom is -0.478 e. The fourth-order valence-electron chi connectivity index (χ4n) is 3.21. The lowest BCUT2D eigenvalue weighted by Crippen LogP contribution is -2.53. The molecule has 3 rings (SSSR count). The summed E-state index contributed by atoms with van der Waals surface area (Å²) in [6, 6.07) is 7.28. The zero-order valence-electron chi connectivity index (χ0n) is 14.6. The second-order valence-corrected chi connectivity index (χ2v) is 8.16. The molecule has 0 unspecified atom stereocenters. The molecule has 1 saturated carbocycles. The second kappa shape index (κ2) is 7.75. The Hall–Kier alpha value is -1.59. The number of benzene rings is 1. The van der Waals surface area contributed by atoms with Crippen LogP contribution < -0.4 is 9.64 Å². The van der Waals surface area contributed by atoms with Crippen LogP contribution in [0.15, 0.2) is 35.8 Å². The smallest absolute Gasteiger partial charge is 0.272 e. The molecule has 0 spiro atoms. The van der Waals surface area contributed by atoms with Crippen LogP contribution in [0, 0.1) is 0 Å². The lowest BCUT2D eigenvalue weighted by Gasteiger charge is -2.37. The third kappa shape index (κ3) is 4.33. The first-order valence-corrected chi connectivity index (χ1v) is 9.91. The molecule has 1 fully saturated rings. The molecule has 1 amide bonds. The molecule has 0 atom stereocenters. The summed E-state index contributed by atoms with van der Waals surface area (Å²) in [7, 11) is 0. The molecule has 1 aromatic heterocycles. The number of amides is 1. The molecule has 0 saturated heterocycles. The molecular formula is C19H23ClN2O2S. The molecule has 1 aliphatic carbocycles. The summed E-state index contributed by atoms with van der Waals surface area (Å²) >= 11 is 7.43. The number of nitrogens with zero attached hydrogens (tertiary/aromatic N) is 2. The first kappa shape index (κ1) is 18.2. The van der Waals surface area contributed by atoms with Gasteiger partial charge in [-0.3, -0.25) is 9.69 Å². The summed E-state index contributed by atoms with van der Waals surface area (Å²) in [6.07, 6.45) is 7.32. The Bertz CT molecular complexity index is 695. The number of hydrogen-bond acceptors (Lipinski definition) is 4. The normalized spacial score (nSPS) is 15.8. The van der Waals surface area contributed by atoms with Gasteiger partial charge in [0.25, 0.3) is 5.91 Å². The number of hydrogen-bond donors (Lipinski definition) is 0. The van der Waals surface area contributed by atoms with Gasteiger partial charge >= 0.3 is 0 Å². The van der Waals surface area contributed by atoms with Crippen molar-refractivity contribution >= 4 is 34.0 Å². The summed E-state index contributed by atoms with van der Waals surface area (Å²) in [5, 5.41) is 3.30. The summed E-state index contributed by atoms with van der Waals surface area (Å²) in [5.74, 6) is 0.579. The summed E-state index contributed by atoms with van der Waals surface area (Å²) < 4.78 is 6.02. The fourth-order valence-corrected chi connectivity index (χ4v) is 4.05. The van der Waals surface area contributed by atoms with Crippen LogP contribution in [0.25, 0.3) is 0 Å². The summed E-state index contributed by atoms with van der Waals surface area (Å²) in [4.78, 5) is 19.6. The number of carbonyl (C=O) groups excluding carboxylic acids is 1. The van der Waals surface area contributed by atoms with E-state index in [1.54, 1.807) is 30.5 Å². The number of halogens is 1. The van der Waals surface area contributed by atoms with Gasteiger partial charge in [-0.2, -0.15) is 0 Å². The van der Waals surface area contributed by atoms with Gasteiger partial charge in [0.15, 0.2) is 10.7 Å². The average Bonchev–Trinajstić information content (AvgIpc) is 3.12. The first-order valence-electron chi connectivity index (χ1n) is 8.65. The van der Waals surface area contributed by atoms with Crippen LogP contribution in [0.3, 0.4) is 0 Å². The predicted octanol–water partition coefficient (Wildman–Crippen LogP) is 5.32. The molecule has 1 aromatic carbocycles. The van der Waals surface area contributed by atoms with Crippen molar-refractivity contribution in [2.75, 3.05) is 4.90 Å². The molecule has 1 aliphatic rings. The van der Waals surface area contributed by atoms with Gasteiger partial charge in [-0.1, -0.05) is 30.9 Å². The summed E-state index contributed by atoms with van der Waals surface area (Å²) in [5.41, 5.74) is -0.989. The Morgan fingerprint density at radius 1 is 1.24 bits per heavy atom. The maximum Gasteiger partial charge on any atom is 0.272 e. The number of aromatic nitrogens is 1. The molecule has 0 radical (unpaired) electrons. The third-order valence-electron chi connectivity index (χ3n) is 4.49. The maximum absolute atomic E-state index is 13.4. The van der Waals surface area contributed by atoms with Gasteiger partial charge in [0.1, 0.15) is 5.75 Å². The Kier molecular flexibility index (Phi) is 5.64. The summed E-state index contributed by atoms with van der Waals surface area (Å²) in [6.45, 7) is 3.63. The Labute approximate surface area is 157 Å². The number of anilines is 1. The van der Waals surface area contributed by atoms with E-state index >= 15 is 0 Å². The molecule has 2 aromatic rings. The van der Waals surface area contributed by atoms with Crippen molar-refractivity contribution in [2.45, 2.75) is 57.6 Å². The minimum absolute atomic E-state index is 0.0516. The average molecular weight is 379 g/mol. The number of carbonyl (C=O) groups is 1. The quantitative estimate of drug-likeness (QED) is 0.707. The molecule has 6 heteroatoms. The minimum atomic E-state index is -0.989. The van der Waals surface area contributed by atoms with E-state index in [0.717, 1.165) is 30.8 Å². The zero-order valence-corrected chi connectivity index (χ0v) is 16.1. The Morgan fingerprint density at radius 3 is 2.52 bits per heavy atom. The molecule has 0 aliphatic heterocycles. The number of thiazole rings is 1. The Morgan fingerprint density at radius 2 is 1.92 bits per heavy atom. The van der Waals surface area contributed by atoms with Crippen molar-refractivity contribution in [1.82, 2.24) is 4.98 Å². The molecule has 134 valence electrons. The van der Waals surface area contributed by atoms with E-state index in [1.165, 1.54) is 17.8 Å². The van der Waals surface area contributed by atoms with Crippen LogP contribution >= 0.6 is 22.9 Å². The van der Waals surface area contributed by atoms with Crippen molar-refractivity contribution < 1.29 is 9.53 Å².